The van der Waals surface area contributed by atoms with E-state index in [2.05, 4.69) is 24.3 Å². The summed E-state index contributed by atoms with van der Waals surface area (Å²) in [5, 5.41) is 0.998. The van der Waals surface area contributed by atoms with Gasteiger partial charge in [0.2, 0.25) is 0 Å². The Labute approximate surface area is 114 Å². The molecule has 0 amide bonds. The lowest BCUT2D eigenvalue weighted by Crippen LogP contribution is -2.33. The summed E-state index contributed by atoms with van der Waals surface area (Å²) in [7, 11) is -4.36. The lowest BCUT2D eigenvalue weighted by atomic mass is 10.4. The van der Waals surface area contributed by atoms with Crippen LogP contribution in [-0.2, 0) is 0 Å². The fraction of sp³-hybridized carbons (Fsp3) is 0. The summed E-state index contributed by atoms with van der Waals surface area (Å²) in [6.45, 7) is 0. The van der Waals surface area contributed by atoms with E-state index < -0.39 is 14.3 Å². The van der Waals surface area contributed by atoms with Crippen LogP contribution >= 0.6 is 0 Å². The van der Waals surface area contributed by atoms with E-state index in [9.17, 15) is 12.3 Å². The second-order valence-corrected chi connectivity index (χ2v) is 6.25. The Morgan fingerprint density at radius 3 is 1.32 bits per heavy atom. The largest absolute Gasteiger partial charge is 0.653 e. The van der Waals surface area contributed by atoms with Crippen molar-refractivity contribution in [2.45, 2.75) is 0 Å². The second-order valence-electron chi connectivity index (χ2n) is 3.52. The van der Waals surface area contributed by atoms with Crippen LogP contribution < -0.4 is 16.5 Å². The van der Waals surface area contributed by atoms with E-state index in [0.717, 1.165) is 12.1 Å². The highest BCUT2D eigenvalue weighted by atomic mass is 28.5. The highest BCUT2D eigenvalue weighted by Crippen LogP contribution is 2.07. The summed E-state index contributed by atoms with van der Waals surface area (Å²) in [4.78, 5) is 0. The third-order valence-electron chi connectivity index (χ3n) is 2.04. The Morgan fingerprint density at radius 1 is 0.737 bits per heavy atom. The Balaban J connectivity index is 0. The van der Waals surface area contributed by atoms with Gasteiger partial charge in [-0.1, -0.05) is 65.9 Å². The fourth-order valence-electron chi connectivity index (χ4n) is 1.16. The van der Waals surface area contributed by atoms with E-state index in [0.29, 0.717) is 0 Å². The van der Waals surface area contributed by atoms with Crippen LogP contribution in [0, 0.1) is 0 Å². The maximum absolute atomic E-state index is 11.9. The van der Waals surface area contributed by atoms with Gasteiger partial charge >= 0.3 is 9.08 Å². The molecular formula is C12H17F4NSi2. The third kappa shape index (κ3) is 8.30. The van der Waals surface area contributed by atoms with Gasteiger partial charge in [0.1, 0.15) is 0 Å². The predicted molar refractivity (Wildman–Crippen MR) is 78.7 cm³/mol. The van der Waals surface area contributed by atoms with E-state index in [4.69, 9.17) is 0 Å². The van der Waals surface area contributed by atoms with E-state index in [1.54, 1.807) is 6.07 Å². The average molecular weight is 307 g/mol. The first-order valence-corrected chi connectivity index (χ1v) is 7.77. The SMILES string of the molecule is F.F[Si](F)(F)c1ccccc1.N.[SiH3]c1ccccc1. The van der Waals surface area contributed by atoms with Crippen molar-refractivity contribution >= 4 is 29.7 Å². The van der Waals surface area contributed by atoms with Gasteiger partial charge in [0, 0.05) is 15.4 Å². The molecule has 0 heterocycles. The monoisotopic (exact) mass is 307 g/mol. The van der Waals surface area contributed by atoms with Gasteiger partial charge in [0.05, 0.1) is 0 Å². The molecule has 2 rings (SSSR count). The van der Waals surface area contributed by atoms with Gasteiger partial charge in [-0.3, -0.25) is 4.70 Å². The van der Waals surface area contributed by atoms with Gasteiger partial charge in [-0.05, 0) is 0 Å². The molecule has 0 saturated carbocycles. The van der Waals surface area contributed by atoms with Gasteiger partial charge in [-0.25, -0.2) is 12.3 Å². The van der Waals surface area contributed by atoms with E-state index >= 15 is 0 Å². The zero-order chi connectivity index (χ0) is 12.7. The van der Waals surface area contributed by atoms with Gasteiger partial charge in [0.25, 0.3) is 0 Å². The molecule has 0 radical (unpaired) electrons. The first kappa shape index (κ1) is 19.9. The summed E-state index contributed by atoms with van der Waals surface area (Å²) in [6, 6.07) is 17.1. The molecule has 2 aromatic rings. The fourth-order valence-corrected chi connectivity index (χ4v) is 2.12. The molecule has 3 N–H and O–H groups in total. The molecule has 0 aliphatic carbocycles. The lowest BCUT2D eigenvalue weighted by Gasteiger charge is -1.99. The van der Waals surface area contributed by atoms with E-state index in [-0.39, 0.29) is 10.9 Å². The van der Waals surface area contributed by atoms with Crippen LogP contribution in [0.3, 0.4) is 0 Å². The molecule has 19 heavy (non-hydrogen) atoms. The molecule has 1 nitrogen and oxygen atoms in total. The topological polar surface area (TPSA) is 35.0 Å². The van der Waals surface area contributed by atoms with Crippen LogP contribution in [-0.4, -0.2) is 19.3 Å². The molecule has 0 fully saturated rings. The molecule has 0 atom stereocenters. The van der Waals surface area contributed by atoms with Gasteiger partial charge in [-0.2, -0.15) is 0 Å². The Bertz CT molecular complexity index is 434. The highest BCUT2D eigenvalue weighted by molar-refractivity contribution is 6.73. The second kappa shape index (κ2) is 9.48. The van der Waals surface area contributed by atoms with Crippen molar-refractivity contribution in [1.29, 1.82) is 0 Å². The number of benzene rings is 2. The number of hydrogen-bond donors (Lipinski definition) is 1. The average Bonchev–Trinajstić information content (AvgIpc) is 2.31. The van der Waals surface area contributed by atoms with Crippen molar-refractivity contribution < 1.29 is 17.0 Å². The smallest absolute Gasteiger partial charge is 0.344 e. The molecule has 0 aromatic heterocycles. The van der Waals surface area contributed by atoms with Crippen LogP contribution in [0.1, 0.15) is 0 Å². The highest BCUT2D eigenvalue weighted by Gasteiger charge is 2.39. The maximum Gasteiger partial charge on any atom is 0.653 e. The zero-order valence-electron chi connectivity index (χ0n) is 10.5. The quantitative estimate of drug-likeness (QED) is 0.486. The van der Waals surface area contributed by atoms with E-state index in [1.165, 1.54) is 27.6 Å². The zero-order valence-corrected chi connectivity index (χ0v) is 13.5. The minimum atomic E-state index is -5.53. The lowest BCUT2D eigenvalue weighted by molar-refractivity contribution is 0.501. The minimum absolute atomic E-state index is 0. The van der Waals surface area contributed by atoms with Crippen molar-refractivity contribution in [2.75, 3.05) is 0 Å². The summed E-state index contributed by atoms with van der Waals surface area (Å²) >= 11 is 0. The predicted octanol–water partition coefficient (Wildman–Crippen LogP) is 1.73. The van der Waals surface area contributed by atoms with Gasteiger partial charge < -0.3 is 6.15 Å². The minimum Gasteiger partial charge on any atom is -0.344 e. The van der Waals surface area contributed by atoms with Gasteiger partial charge in [-0.15, -0.1) is 0 Å². The Kier molecular flexibility index (Phi) is 9.92. The van der Waals surface area contributed by atoms with Crippen molar-refractivity contribution in [2.24, 2.45) is 0 Å². The first-order chi connectivity index (χ1) is 8.00. The van der Waals surface area contributed by atoms with Crippen molar-refractivity contribution in [3.63, 3.8) is 0 Å². The Hall–Kier alpha value is -1.45. The summed E-state index contributed by atoms with van der Waals surface area (Å²) in [5.74, 6) is 0. The molecular weight excluding hydrogens is 290 g/mol. The molecule has 0 saturated heterocycles. The molecule has 7 heteroatoms. The van der Waals surface area contributed by atoms with Crippen molar-refractivity contribution in [1.82, 2.24) is 6.15 Å². The molecule has 0 aliphatic rings. The van der Waals surface area contributed by atoms with Gasteiger partial charge in [0.15, 0.2) is 0 Å². The van der Waals surface area contributed by atoms with Crippen molar-refractivity contribution in [3.8, 4) is 0 Å². The third-order valence-corrected chi connectivity index (χ3v) is 3.70. The number of halogens is 4. The van der Waals surface area contributed by atoms with Crippen LogP contribution in [0.5, 0.6) is 0 Å². The molecule has 106 valence electrons. The van der Waals surface area contributed by atoms with E-state index in [1.807, 2.05) is 6.07 Å². The molecule has 0 bridgehead atoms. The van der Waals surface area contributed by atoms with Crippen LogP contribution in [0.4, 0.5) is 17.0 Å². The summed E-state index contributed by atoms with van der Waals surface area (Å²) in [5.41, 5.74) is 0. The normalized spacial score (nSPS) is 9.42. The standard InChI is InChI=1S/C6H5F3Si.C6H8Si.FH.H3N/c7-10(8,9)6-4-2-1-3-5-6;7-6-4-2-1-3-5-6;;/h1-5H;1-5H,7H3;1H;1H3. The van der Waals surface area contributed by atoms with Crippen molar-refractivity contribution in [3.05, 3.63) is 60.7 Å². The number of rotatable bonds is 1. The first-order valence-electron chi connectivity index (χ1n) is 5.14. The number of hydrogen-bond acceptors (Lipinski definition) is 1. The van der Waals surface area contributed by atoms with Crippen LogP contribution in [0.15, 0.2) is 60.7 Å². The molecule has 0 unspecified atom stereocenters. The Morgan fingerprint density at radius 2 is 1.11 bits per heavy atom. The summed E-state index contributed by atoms with van der Waals surface area (Å²) < 4.78 is 35.8. The van der Waals surface area contributed by atoms with Crippen LogP contribution in [0.25, 0.3) is 0 Å². The molecule has 0 spiro atoms. The van der Waals surface area contributed by atoms with Crippen LogP contribution in [0.2, 0.25) is 0 Å². The maximum atomic E-state index is 11.9. The summed E-state index contributed by atoms with van der Waals surface area (Å²) in [6.07, 6.45) is 0. The molecule has 2 aromatic carbocycles. The molecule has 0 aliphatic heterocycles.